The van der Waals surface area contributed by atoms with Crippen molar-refractivity contribution < 1.29 is 82.4 Å². The lowest BCUT2D eigenvalue weighted by molar-refractivity contribution is -0.193. The summed E-state index contributed by atoms with van der Waals surface area (Å²) in [5.41, 5.74) is 5.76. The highest BCUT2D eigenvalue weighted by atomic mass is 32.2. The number of aromatic amines is 1. The van der Waals surface area contributed by atoms with E-state index in [2.05, 4.69) is 42.1 Å². The minimum absolute atomic E-state index is 0.338. The zero-order chi connectivity index (χ0) is 45.2. The molecule has 3 heterocycles. The minimum atomic E-state index is -5.08. The van der Waals surface area contributed by atoms with Crippen molar-refractivity contribution in [3.05, 3.63) is 79.3 Å². The van der Waals surface area contributed by atoms with Gasteiger partial charge < -0.3 is 29.9 Å². The quantitative estimate of drug-likeness (QED) is 0.137. The summed E-state index contributed by atoms with van der Waals surface area (Å²) >= 11 is 0. The van der Waals surface area contributed by atoms with E-state index in [4.69, 9.17) is 34.4 Å². The third kappa shape index (κ3) is 13.5. The van der Waals surface area contributed by atoms with Crippen molar-refractivity contribution in [3.8, 4) is 28.1 Å². The number of piperazine rings is 1. The highest BCUT2D eigenvalue weighted by molar-refractivity contribution is 7.90. The molecule has 0 unspecified atom stereocenters. The fraction of sp³-hybridized carbons (Fsp3) is 0.257. The van der Waals surface area contributed by atoms with Crippen molar-refractivity contribution in [3.63, 3.8) is 0 Å². The normalized spacial score (nSPS) is 13.1. The number of H-pyrrole nitrogens is 1. The van der Waals surface area contributed by atoms with Crippen LogP contribution in [0.3, 0.4) is 0 Å². The molecule has 1 aliphatic rings. The summed E-state index contributed by atoms with van der Waals surface area (Å²) in [5.74, 6) is -6.58. The standard InChI is InChI=1S/C29H28N6O3S.3C2HF3O2/c1-38-23-9-6-20(7-10-23)28-26(18-32-33-28)21-8-11-27-25(16-21)29(31-19-30-27)35-14-12-34(13-15-35)22-4-3-5-24(17-22)39(2,36)37;3*3-2(4,5)1(6)7/h3-11,16-19H,12-15H2,1-2H3,(H,32,33);3*(H,6,7). The zero-order valence-electron chi connectivity index (χ0n) is 30.7. The number of carboxylic acid groups (broad SMARTS) is 3. The third-order valence-electron chi connectivity index (χ3n) is 7.86. The van der Waals surface area contributed by atoms with E-state index < -0.39 is 46.3 Å². The Labute approximate surface area is 332 Å². The van der Waals surface area contributed by atoms with Gasteiger partial charge in [-0.1, -0.05) is 12.1 Å². The predicted octanol–water partition coefficient (Wildman–Crippen LogP) is 6.33. The van der Waals surface area contributed by atoms with Crippen LogP contribution < -0.4 is 14.5 Å². The maximum absolute atomic E-state index is 12.0. The number of fused-ring (bicyclic) bond motifs is 1. The van der Waals surface area contributed by atoms with Crippen LogP contribution in [0.4, 0.5) is 51.0 Å². The summed E-state index contributed by atoms with van der Waals surface area (Å²) < 4.78 is 125. The van der Waals surface area contributed by atoms with Crippen molar-refractivity contribution in [2.75, 3.05) is 49.3 Å². The molecule has 15 nitrogen and oxygen atoms in total. The molecule has 3 aromatic carbocycles. The molecular weight excluding hydrogens is 851 g/mol. The first kappa shape index (κ1) is 47.7. The minimum Gasteiger partial charge on any atom is -0.497 e. The maximum atomic E-state index is 12.0. The van der Waals surface area contributed by atoms with Gasteiger partial charge in [-0.15, -0.1) is 0 Å². The Morgan fingerprint density at radius 1 is 0.717 bits per heavy atom. The molecule has 0 amide bonds. The second-order valence-corrected chi connectivity index (χ2v) is 14.0. The van der Waals surface area contributed by atoms with Gasteiger partial charge in [-0.05, 0) is 60.2 Å². The van der Waals surface area contributed by atoms with Crippen molar-refractivity contribution in [2.24, 2.45) is 0 Å². The highest BCUT2D eigenvalue weighted by Crippen LogP contribution is 2.35. The number of nitrogens with one attached hydrogen (secondary N) is 1. The van der Waals surface area contributed by atoms with Gasteiger partial charge in [0.15, 0.2) is 9.84 Å². The highest BCUT2D eigenvalue weighted by Gasteiger charge is 2.39. The summed E-state index contributed by atoms with van der Waals surface area (Å²) in [6.07, 6.45) is -10.6. The molecule has 2 aromatic heterocycles. The van der Waals surface area contributed by atoms with Crippen LogP contribution in [-0.4, -0.2) is 120 Å². The molecule has 0 aliphatic carbocycles. The number of benzene rings is 3. The summed E-state index contributed by atoms with van der Waals surface area (Å²) in [5, 5.41) is 29.8. The van der Waals surface area contributed by atoms with E-state index in [1.807, 2.05) is 42.6 Å². The van der Waals surface area contributed by atoms with Gasteiger partial charge in [0.2, 0.25) is 0 Å². The molecule has 0 atom stereocenters. The van der Waals surface area contributed by atoms with Crippen molar-refractivity contribution in [1.29, 1.82) is 0 Å². The molecule has 60 heavy (non-hydrogen) atoms. The fourth-order valence-electron chi connectivity index (χ4n) is 5.03. The number of hydrogen-bond acceptors (Lipinski definition) is 11. The lowest BCUT2D eigenvalue weighted by Gasteiger charge is -2.37. The number of carboxylic acids is 3. The van der Waals surface area contributed by atoms with Gasteiger partial charge in [0.25, 0.3) is 0 Å². The topological polar surface area (TPSA) is 216 Å². The summed E-state index contributed by atoms with van der Waals surface area (Å²) in [4.78, 5) is 40.7. The number of rotatable bonds is 6. The van der Waals surface area contributed by atoms with Gasteiger partial charge in [0.1, 0.15) is 17.9 Å². The molecular formula is C35H31F9N6O9S. The summed E-state index contributed by atoms with van der Waals surface area (Å²) in [7, 11) is -1.60. The van der Waals surface area contributed by atoms with E-state index in [1.54, 1.807) is 31.6 Å². The van der Waals surface area contributed by atoms with Gasteiger partial charge in [-0.3, -0.25) is 5.10 Å². The molecule has 0 radical (unpaired) electrons. The Kier molecular flexibility index (Phi) is 15.4. The largest absolute Gasteiger partial charge is 0.497 e. The van der Waals surface area contributed by atoms with Crippen LogP contribution in [-0.2, 0) is 24.2 Å². The Bertz CT molecular complexity index is 2330. The number of methoxy groups -OCH3 is 1. The summed E-state index contributed by atoms with van der Waals surface area (Å²) in [6, 6.07) is 21.2. The smallest absolute Gasteiger partial charge is 0.490 e. The van der Waals surface area contributed by atoms with Gasteiger partial charge in [-0.2, -0.15) is 44.6 Å². The Morgan fingerprint density at radius 2 is 1.22 bits per heavy atom. The van der Waals surface area contributed by atoms with Crippen LogP contribution in [0.5, 0.6) is 5.75 Å². The number of sulfone groups is 1. The number of alkyl halides is 9. The predicted molar refractivity (Wildman–Crippen MR) is 194 cm³/mol. The first-order valence-electron chi connectivity index (χ1n) is 16.4. The molecule has 324 valence electrons. The number of halogens is 9. The molecule has 1 aliphatic heterocycles. The van der Waals surface area contributed by atoms with Crippen LogP contribution >= 0.6 is 0 Å². The van der Waals surface area contributed by atoms with E-state index in [1.165, 1.54) is 6.26 Å². The fourth-order valence-corrected chi connectivity index (χ4v) is 5.69. The van der Waals surface area contributed by atoms with Crippen LogP contribution in [0.2, 0.25) is 0 Å². The average molecular weight is 883 g/mol. The number of carbonyl (C=O) groups is 3. The molecule has 0 bridgehead atoms. The van der Waals surface area contributed by atoms with E-state index in [0.717, 1.165) is 76.7 Å². The van der Waals surface area contributed by atoms with Crippen LogP contribution in [0.15, 0.2) is 84.1 Å². The van der Waals surface area contributed by atoms with Crippen molar-refractivity contribution >= 4 is 50.2 Å². The maximum Gasteiger partial charge on any atom is 0.490 e. The first-order chi connectivity index (χ1) is 27.7. The lowest BCUT2D eigenvalue weighted by Crippen LogP contribution is -2.47. The molecule has 0 saturated carbocycles. The Hall–Kier alpha value is -6.66. The SMILES string of the molecule is COc1ccc(-c2[nH]ncc2-c2ccc3ncnc(N4CCN(c5cccc(S(C)(=O)=O)c5)CC4)c3c2)cc1.O=C(O)C(F)(F)F.O=C(O)C(F)(F)F.O=C(O)C(F)(F)F. The van der Waals surface area contributed by atoms with Crippen LogP contribution in [0.1, 0.15) is 0 Å². The van der Waals surface area contributed by atoms with E-state index in [9.17, 15) is 47.9 Å². The van der Waals surface area contributed by atoms with E-state index in [-0.39, 0.29) is 0 Å². The van der Waals surface area contributed by atoms with Crippen molar-refractivity contribution in [2.45, 2.75) is 23.4 Å². The average Bonchev–Trinajstić information content (AvgIpc) is 3.67. The van der Waals surface area contributed by atoms with Gasteiger partial charge in [-0.25, -0.2) is 32.8 Å². The van der Waals surface area contributed by atoms with Crippen LogP contribution in [0.25, 0.3) is 33.3 Å². The number of aliphatic carboxylic acids is 3. The van der Waals surface area contributed by atoms with E-state index >= 15 is 0 Å². The number of aromatic nitrogens is 4. The molecule has 4 N–H and O–H groups in total. The molecule has 1 saturated heterocycles. The molecule has 5 aromatic rings. The second-order valence-electron chi connectivity index (χ2n) is 12.0. The molecule has 6 rings (SSSR count). The Morgan fingerprint density at radius 3 is 1.70 bits per heavy atom. The summed E-state index contributed by atoms with van der Waals surface area (Å²) in [6.45, 7) is 3.01. The molecule has 1 fully saturated rings. The number of anilines is 2. The molecule has 25 heteroatoms. The Balaban J connectivity index is 0.000000377. The first-order valence-corrected chi connectivity index (χ1v) is 18.3. The number of nitrogens with zero attached hydrogens (tertiary/aromatic N) is 5. The van der Waals surface area contributed by atoms with Crippen LogP contribution in [0, 0.1) is 0 Å². The van der Waals surface area contributed by atoms with E-state index in [0.29, 0.717) is 4.90 Å². The third-order valence-corrected chi connectivity index (χ3v) is 8.97. The van der Waals surface area contributed by atoms with Gasteiger partial charge in [0, 0.05) is 54.6 Å². The second kappa shape index (κ2) is 19.4. The number of hydrogen-bond donors (Lipinski definition) is 4. The molecule has 0 spiro atoms. The zero-order valence-corrected chi connectivity index (χ0v) is 31.5. The van der Waals surface area contributed by atoms with Gasteiger partial charge >= 0.3 is 36.4 Å². The van der Waals surface area contributed by atoms with Gasteiger partial charge in [0.05, 0.1) is 29.4 Å². The lowest BCUT2D eigenvalue weighted by atomic mass is 10.00. The monoisotopic (exact) mass is 882 g/mol. The van der Waals surface area contributed by atoms with Crippen molar-refractivity contribution in [1.82, 2.24) is 20.2 Å². The number of ether oxygens (including phenoxy) is 1.